The molecule has 1 saturated carbocycles. The fourth-order valence-electron chi connectivity index (χ4n) is 2.36. The number of carbonyl (C=O) groups excluding carboxylic acids is 1. The minimum absolute atomic E-state index is 0.0661. The standard InChI is InChI=1S/C11H18BrNO2/c1-11(6-3-7-15-11)10(14)13-9-5-2-4-8(9)12/h8-9H,2-7H2,1H3,(H,13,14). The summed E-state index contributed by atoms with van der Waals surface area (Å²) in [4.78, 5) is 12.4. The number of halogens is 1. The monoisotopic (exact) mass is 275 g/mol. The second kappa shape index (κ2) is 4.42. The molecule has 1 amide bonds. The Labute approximate surface area is 99.1 Å². The van der Waals surface area contributed by atoms with Gasteiger partial charge in [0.05, 0.1) is 0 Å². The molecule has 0 radical (unpaired) electrons. The molecule has 1 heterocycles. The molecule has 1 saturated heterocycles. The van der Waals surface area contributed by atoms with Crippen molar-refractivity contribution in [2.75, 3.05) is 6.61 Å². The van der Waals surface area contributed by atoms with Crippen molar-refractivity contribution in [3.05, 3.63) is 0 Å². The molecule has 2 rings (SSSR count). The lowest BCUT2D eigenvalue weighted by molar-refractivity contribution is -0.140. The van der Waals surface area contributed by atoms with Crippen molar-refractivity contribution >= 4 is 21.8 Å². The molecule has 2 fully saturated rings. The fraction of sp³-hybridized carbons (Fsp3) is 0.909. The van der Waals surface area contributed by atoms with Crippen LogP contribution in [0.4, 0.5) is 0 Å². The van der Waals surface area contributed by atoms with Crippen LogP contribution >= 0.6 is 15.9 Å². The van der Waals surface area contributed by atoms with Gasteiger partial charge in [0.15, 0.2) is 0 Å². The van der Waals surface area contributed by atoms with E-state index in [4.69, 9.17) is 4.74 Å². The molecular formula is C11H18BrNO2. The van der Waals surface area contributed by atoms with E-state index in [-0.39, 0.29) is 5.91 Å². The topological polar surface area (TPSA) is 38.3 Å². The normalized spacial score (nSPS) is 40.7. The van der Waals surface area contributed by atoms with E-state index in [0.717, 1.165) is 25.7 Å². The van der Waals surface area contributed by atoms with Gasteiger partial charge in [0.25, 0.3) is 5.91 Å². The Hall–Kier alpha value is -0.0900. The second-order valence-corrected chi connectivity index (χ2v) is 5.89. The van der Waals surface area contributed by atoms with E-state index < -0.39 is 5.60 Å². The van der Waals surface area contributed by atoms with Crippen LogP contribution in [0.3, 0.4) is 0 Å². The Morgan fingerprint density at radius 1 is 1.47 bits per heavy atom. The molecule has 0 spiro atoms. The van der Waals surface area contributed by atoms with Crippen LogP contribution in [0.2, 0.25) is 0 Å². The first-order chi connectivity index (χ1) is 7.12. The van der Waals surface area contributed by atoms with E-state index in [1.807, 2.05) is 6.92 Å². The van der Waals surface area contributed by atoms with Crippen LogP contribution in [0.15, 0.2) is 0 Å². The van der Waals surface area contributed by atoms with E-state index in [1.165, 1.54) is 6.42 Å². The van der Waals surface area contributed by atoms with Gasteiger partial charge in [-0.1, -0.05) is 22.4 Å². The maximum atomic E-state index is 12.0. The van der Waals surface area contributed by atoms with Crippen molar-refractivity contribution in [3.8, 4) is 0 Å². The summed E-state index contributed by atoms with van der Waals surface area (Å²) in [7, 11) is 0. The van der Waals surface area contributed by atoms with Crippen LogP contribution in [-0.2, 0) is 9.53 Å². The molecule has 3 atom stereocenters. The molecule has 1 aliphatic heterocycles. The van der Waals surface area contributed by atoms with Crippen molar-refractivity contribution in [3.63, 3.8) is 0 Å². The summed E-state index contributed by atoms with van der Waals surface area (Å²) < 4.78 is 5.52. The minimum atomic E-state index is -0.574. The first kappa shape index (κ1) is 11.4. The molecule has 4 heteroatoms. The number of ether oxygens (including phenoxy) is 1. The van der Waals surface area contributed by atoms with Crippen LogP contribution in [0.5, 0.6) is 0 Å². The highest BCUT2D eigenvalue weighted by Gasteiger charge is 2.39. The lowest BCUT2D eigenvalue weighted by Crippen LogP contribution is -2.49. The zero-order valence-electron chi connectivity index (χ0n) is 9.09. The Kier molecular flexibility index (Phi) is 3.36. The molecule has 1 aliphatic carbocycles. The molecule has 0 aromatic carbocycles. The average molecular weight is 276 g/mol. The van der Waals surface area contributed by atoms with Crippen LogP contribution in [0, 0.1) is 0 Å². The van der Waals surface area contributed by atoms with Crippen molar-refractivity contribution in [2.24, 2.45) is 0 Å². The van der Waals surface area contributed by atoms with Gasteiger partial charge in [-0.2, -0.15) is 0 Å². The van der Waals surface area contributed by atoms with Crippen LogP contribution in [0.25, 0.3) is 0 Å². The van der Waals surface area contributed by atoms with E-state index in [0.29, 0.717) is 17.5 Å². The second-order valence-electron chi connectivity index (χ2n) is 4.71. The zero-order valence-corrected chi connectivity index (χ0v) is 10.7. The molecule has 3 nitrogen and oxygen atoms in total. The maximum absolute atomic E-state index is 12.0. The highest BCUT2D eigenvalue weighted by Crippen LogP contribution is 2.29. The maximum Gasteiger partial charge on any atom is 0.252 e. The summed E-state index contributed by atoms with van der Waals surface area (Å²) in [6.07, 6.45) is 5.27. The Bertz CT molecular complexity index is 251. The van der Waals surface area contributed by atoms with Crippen molar-refractivity contribution < 1.29 is 9.53 Å². The lowest BCUT2D eigenvalue weighted by Gasteiger charge is -2.25. The molecule has 3 unspecified atom stereocenters. The van der Waals surface area contributed by atoms with Gasteiger partial charge in [0.2, 0.25) is 0 Å². The number of hydrogen-bond acceptors (Lipinski definition) is 2. The third-order valence-corrected chi connectivity index (χ3v) is 4.54. The van der Waals surface area contributed by atoms with Gasteiger partial charge < -0.3 is 10.1 Å². The summed E-state index contributed by atoms with van der Waals surface area (Å²) in [5.41, 5.74) is -0.574. The third-order valence-electron chi connectivity index (χ3n) is 3.45. The first-order valence-corrected chi connectivity index (χ1v) is 6.62. The van der Waals surface area contributed by atoms with E-state index in [9.17, 15) is 4.79 Å². The summed E-state index contributed by atoms with van der Waals surface area (Å²) in [6, 6.07) is 0.290. The third kappa shape index (κ3) is 2.36. The molecule has 0 bridgehead atoms. The molecule has 0 aromatic heterocycles. The predicted molar refractivity (Wildman–Crippen MR) is 62.1 cm³/mol. The quantitative estimate of drug-likeness (QED) is 0.783. The fourth-order valence-corrected chi connectivity index (χ4v) is 3.08. The van der Waals surface area contributed by atoms with E-state index >= 15 is 0 Å². The molecule has 1 N–H and O–H groups in total. The summed E-state index contributed by atoms with van der Waals surface area (Å²) in [5.74, 6) is 0.0661. The van der Waals surface area contributed by atoms with Gasteiger partial charge in [0, 0.05) is 17.5 Å². The molecular weight excluding hydrogens is 258 g/mol. The van der Waals surface area contributed by atoms with Crippen LogP contribution in [-0.4, -0.2) is 29.0 Å². The highest BCUT2D eigenvalue weighted by molar-refractivity contribution is 9.09. The Morgan fingerprint density at radius 2 is 2.27 bits per heavy atom. The Morgan fingerprint density at radius 3 is 2.80 bits per heavy atom. The number of nitrogens with one attached hydrogen (secondary N) is 1. The van der Waals surface area contributed by atoms with Crippen molar-refractivity contribution in [1.82, 2.24) is 5.32 Å². The molecule has 86 valence electrons. The summed E-state index contributed by atoms with van der Waals surface area (Å²) >= 11 is 3.60. The van der Waals surface area contributed by atoms with Crippen LogP contribution < -0.4 is 5.32 Å². The van der Waals surface area contributed by atoms with E-state index in [1.54, 1.807) is 0 Å². The summed E-state index contributed by atoms with van der Waals surface area (Å²) in [5, 5.41) is 3.10. The predicted octanol–water partition coefficient (Wildman–Crippen LogP) is 1.99. The molecule has 0 aromatic rings. The molecule has 2 aliphatic rings. The number of alkyl halides is 1. The van der Waals surface area contributed by atoms with Crippen LogP contribution in [0.1, 0.15) is 39.0 Å². The Balaban J connectivity index is 1.91. The minimum Gasteiger partial charge on any atom is -0.365 e. The number of hydrogen-bond donors (Lipinski definition) is 1. The SMILES string of the molecule is CC1(C(=O)NC2CCCC2Br)CCCO1. The number of amides is 1. The highest BCUT2D eigenvalue weighted by atomic mass is 79.9. The first-order valence-electron chi connectivity index (χ1n) is 5.71. The smallest absolute Gasteiger partial charge is 0.252 e. The van der Waals surface area contributed by atoms with Gasteiger partial charge in [-0.25, -0.2) is 0 Å². The summed E-state index contributed by atoms with van der Waals surface area (Å²) in [6.45, 7) is 2.61. The number of rotatable bonds is 2. The largest absolute Gasteiger partial charge is 0.365 e. The van der Waals surface area contributed by atoms with Gasteiger partial charge >= 0.3 is 0 Å². The zero-order chi connectivity index (χ0) is 10.9. The van der Waals surface area contributed by atoms with Crippen molar-refractivity contribution in [1.29, 1.82) is 0 Å². The molecule has 15 heavy (non-hydrogen) atoms. The van der Waals surface area contributed by atoms with Gasteiger partial charge in [-0.3, -0.25) is 4.79 Å². The lowest BCUT2D eigenvalue weighted by atomic mass is 10.0. The van der Waals surface area contributed by atoms with Gasteiger partial charge in [-0.05, 0) is 32.6 Å². The number of carbonyl (C=O) groups is 1. The van der Waals surface area contributed by atoms with Crippen molar-refractivity contribution in [2.45, 2.75) is 55.5 Å². The van der Waals surface area contributed by atoms with Gasteiger partial charge in [-0.15, -0.1) is 0 Å². The van der Waals surface area contributed by atoms with E-state index in [2.05, 4.69) is 21.2 Å². The van der Waals surface area contributed by atoms with Gasteiger partial charge in [0.1, 0.15) is 5.60 Å². The average Bonchev–Trinajstić information content (AvgIpc) is 2.78.